The number of aromatic nitrogens is 3. The van der Waals surface area contributed by atoms with Gasteiger partial charge in [0.2, 0.25) is 0 Å². The highest BCUT2D eigenvalue weighted by atomic mass is 16.3. The molecule has 226 valence electrons. The van der Waals surface area contributed by atoms with Gasteiger partial charge in [-0.2, -0.15) is 0 Å². The number of para-hydroxylation sites is 1. The number of rotatable bonds is 4. The number of nitrogens with zero attached hydrogens (tertiary/aromatic N) is 3. The van der Waals surface area contributed by atoms with Gasteiger partial charge in [-0.3, -0.25) is 0 Å². The lowest BCUT2D eigenvalue weighted by Gasteiger charge is -2.15. The summed E-state index contributed by atoms with van der Waals surface area (Å²) in [6, 6.07) is 45.9. The normalized spacial score (nSPS) is 13.0. The van der Waals surface area contributed by atoms with Crippen molar-refractivity contribution in [3.05, 3.63) is 157 Å². The molecular weight excluding hydrogens is 590 g/mol. The molecule has 0 saturated carbocycles. The Morgan fingerprint density at radius 3 is 2.12 bits per heavy atom. The van der Waals surface area contributed by atoms with Crippen LogP contribution in [0.1, 0.15) is 23.6 Å². The summed E-state index contributed by atoms with van der Waals surface area (Å²) in [7, 11) is 0. The van der Waals surface area contributed by atoms with Gasteiger partial charge in [-0.15, -0.1) is 0 Å². The molecule has 3 aromatic heterocycles. The van der Waals surface area contributed by atoms with Crippen LogP contribution in [0.5, 0.6) is 0 Å². The highest BCUT2D eigenvalue weighted by molar-refractivity contribution is 6.07. The van der Waals surface area contributed by atoms with Crippen LogP contribution in [0.15, 0.2) is 148 Å². The van der Waals surface area contributed by atoms with Crippen molar-refractivity contribution in [2.75, 3.05) is 0 Å². The summed E-state index contributed by atoms with van der Waals surface area (Å²) in [5.74, 6) is 2.84. The van der Waals surface area contributed by atoms with Crippen molar-refractivity contribution in [1.29, 1.82) is 0 Å². The van der Waals surface area contributed by atoms with Gasteiger partial charge in [-0.05, 0) is 64.7 Å². The molecule has 6 aromatic carbocycles. The smallest absolute Gasteiger partial charge is 0.164 e. The lowest BCUT2D eigenvalue weighted by atomic mass is 9.89. The predicted molar refractivity (Wildman–Crippen MR) is 193 cm³/mol. The molecule has 0 amide bonds. The van der Waals surface area contributed by atoms with E-state index in [1.807, 2.05) is 60.7 Å². The van der Waals surface area contributed by atoms with Gasteiger partial charge in [-0.25, -0.2) is 15.0 Å². The molecule has 9 aromatic rings. The lowest BCUT2D eigenvalue weighted by molar-refractivity contribution is 0.545. The average molecular weight is 618 g/mol. The van der Waals surface area contributed by atoms with Gasteiger partial charge >= 0.3 is 0 Å². The van der Waals surface area contributed by atoms with Crippen LogP contribution < -0.4 is 0 Å². The molecule has 5 nitrogen and oxygen atoms in total. The standard InChI is InChI=1S/C43H27N3O2/c1-2-11-27(12-3-1)41-44-42(30-22-23-36-34(25-30)32-14-6-7-17-35(32)47-36)46-43(45-41)33-16-9-19-38-40(33)39-31(15-8-18-37(39)48-38)29-21-20-26-10-4-5-13-28(26)24-29/h1-8,10-18,20-25H,9,19H2. The van der Waals surface area contributed by atoms with E-state index < -0.39 is 0 Å². The molecule has 1 aliphatic carbocycles. The molecule has 0 fully saturated rings. The molecule has 0 radical (unpaired) electrons. The van der Waals surface area contributed by atoms with E-state index in [1.165, 1.54) is 10.8 Å². The van der Waals surface area contributed by atoms with E-state index in [2.05, 4.69) is 78.9 Å². The quantitative estimate of drug-likeness (QED) is 0.197. The lowest BCUT2D eigenvalue weighted by Crippen LogP contribution is -2.06. The van der Waals surface area contributed by atoms with Gasteiger partial charge in [0.15, 0.2) is 17.5 Å². The molecular formula is C43H27N3O2. The minimum atomic E-state index is 0.613. The second kappa shape index (κ2) is 10.6. The summed E-state index contributed by atoms with van der Waals surface area (Å²) in [5, 5.41) is 5.61. The summed E-state index contributed by atoms with van der Waals surface area (Å²) in [5.41, 5.74) is 8.71. The Morgan fingerprint density at radius 1 is 0.479 bits per heavy atom. The van der Waals surface area contributed by atoms with Gasteiger partial charge in [0.25, 0.3) is 0 Å². The second-order valence-electron chi connectivity index (χ2n) is 12.3. The van der Waals surface area contributed by atoms with Gasteiger partial charge in [0.1, 0.15) is 22.5 Å². The molecule has 0 N–H and O–H groups in total. The maximum Gasteiger partial charge on any atom is 0.164 e. The molecule has 1 aliphatic rings. The molecule has 0 spiro atoms. The maximum atomic E-state index is 6.58. The van der Waals surface area contributed by atoms with E-state index in [-0.39, 0.29) is 0 Å². The average Bonchev–Trinajstić information content (AvgIpc) is 3.73. The van der Waals surface area contributed by atoms with E-state index in [0.717, 1.165) is 84.9 Å². The van der Waals surface area contributed by atoms with Crippen LogP contribution in [-0.2, 0) is 6.42 Å². The van der Waals surface area contributed by atoms with Gasteiger partial charge in [0.05, 0.1) is 0 Å². The van der Waals surface area contributed by atoms with Crippen LogP contribution in [0.2, 0.25) is 0 Å². The van der Waals surface area contributed by atoms with E-state index in [1.54, 1.807) is 0 Å². The number of furan rings is 2. The summed E-state index contributed by atoms with van der Waals surface area (Å²) in [6.07, 6.45) is 3.91. The highest BCUT2D eigenvalue weighted by Gasteiger charge is 2.27. The second-order valence-corrected chi connectivity index (χ2v) is 12.3. The number of allylic oxidation sites excluding steroid dienone is 1. The Bertz CT molecular complexity index is 2740. The molecule has 0 aliphatic heterocycles. The van der Waals surface area contributed by atoms with E-state index in [9.17, 15) is 0 Å². The largest absolute Gasteiger partial charge is 0.460 e. The monoisotopic (exact) mass is 617 g/mol. The third-order valence-electron chi connectivity index (χ3n) is 9.38. The SMILES string of the molecule is C1=C(c2nc(-c3ccccc3)nc(-c3ccc4oc5ccccc5c4c3)n2)c2c(oc3cccc(-c4ccc5ccccc5c4)c23)CC1. The van der Waals surface area contributed by atoms with Crippen molar-refractivity contribution in [1.82, 2.24) is 15.0 Å². The van der Waals surface area contributed by atoms with Crippen molar-refractivity contribution >= 4 is 49.3 Å². The van der Waals surface area contributed by atoms with Gasteiger partial charge in [-0.1, -0.05) is 103 Å². The van der Waals surface area contributed by atoms with Crippen molar-refractivity contribution in [2.45, 2.75) is 12.8 Å². The topological polar surface area (TPSA) is 65.0 Å². The minimum absolute atomic E-state index is 0.613. The van der Waals surface area contributed by atoms with Crippen LogP contribution in [0.3, 0.4) is 0 Å². The molecule has 0 saturated heterocycles. The zero-order valence-electron chi connectivity index (χ0n) is 25.9. The maximum absolute atomic E-state index is 6.58. The molecule has 5 heteroatoms. The van der Waals surface area contributed by atoms with Crippen molar-refractivity contribution in [3.63, 3.8) is 0 Å². The van der Waals surface area contributed by atoms with Crippen LogP contribution >= 0.6 is 0 Å². The van der Waals surface area contributed by atoms with Crippen molar-refractivity contribution in [3.8, 4) is 33.9 Å². The molecule has 0 atom stereocenters. The molecule has 48 heavy (non-hydrogen) atoms. The summed E-state index contributed by atoms with van der Waals surface area (Å²) >= 11 is 0. The van der Waals surface area contributed by atoms with Crippen LogP contribution in [0, 0.1) is 0 Å². The van der Waals surface area contributed by atoms with E-state index >= 15 is 0 Å². The first-order valence-corrected chi connectivity index (χ1v) is 16.2. The summed E-state index contributed by atoms with van der Waals surface area (Å²) in [4.78, 5) is 15.4. The summed E-state index contributed by atoms with van der Waals surface area (Å²) in [6.45, 7) is 0. The number of aryl methyl sites for hydroxylation is 1. The first-order valence-electron chi connectivity index (χ1n) is 16.2. The fourth-order valence-electron chi connectivity index (χ4n) is 7.12. The zero-order chi connectivity index (χ0) is 31.6. The molecule has 3 heterocycles. The number of fused-ring (bicyclic) bond motifs is 7. The van der Waals surface area contributed by atoms with Crippen LogP contribution in [-0.4, -0.2) is 15.0 Å². The summed E-state index contributed by atoms with van der Waals surface area (Å²) < 4.78 is 12.7. The Kier molecular flexibility index (Phi) is 5.93. The van der Waals surface area contributed by atoms with Gasteiger partial charge < -0.3 is 8.83 Å². The first kappa shape index (κ1) is 26.8. The molecule has 0 unspecified atom stereocenters. The van der Waals surface area contributed by atoms with Crippen molar-refractivity contribution in [2.24, 2.45) is 0 Å². The Balaban J connectivity index is 1.19. The van der Waals surface area contributed by atoms with Crippen LogP contribution in [0.25, 0.3) is 83.2 Å². The number of hydrogen-bond donors (Lipinski definition) is 0. The Labute approximate surface area is 275 Å². The molecule has 10 rings (SSSR count). The van der Waals surface area contributed by atoms with Gasteiger partial charge in [0, 0.05) is 44.8 Å². The number of hydrogen-bond acceptors (Lipinski definition) is 5. The molecule has 0 bridgehead atoms. The fraction of sp³-hybridized carbons (Fsp3) is 0.0465. The Morgan fingerprint density at radius 2 is 1.21 bits per heavy atom. The minimum Gasteiger partial charge on any atom is -0.460 e. The zero-order valence-corrected chi connectivity index (χ0v) is 25.9. The van der Waals surface area contributed by atoms with E-state index in [4.69, 9.17) is 23.8 Å². The predicted octanol–water partition coefficient (Wildman–Crippen LogP) is 11.0. The number of benzene rings is 6. The van der Waals surface area contributed by atoms with E-state index in [0.29, 0.717) is 17.5 Å². The van der Waals surface area contributed by atoms with Crippen LogP contribution in [0.4, 0.5) is 0 Å². The third kappa shape index (κ3) is 4.28. The van der Waals surface area contributed by atoms with Crippen molar-refractivity contribution < 1.29 is 8.83 Å². The fourth-order valence-corrected chi connectivity index (χ4v) is 7.12. The Hall–Kier alpha value is -6.33. The first-order chi connectivity index (χ1) is 23.8. The third-order valence-corrected chi connectivity index (χ3v) is 9.38. The highest BCUT2D eigenvalue weighted by Crippen LogP contribution is 2.43.